The van der Waals surface area contributed by atoms with Crippen LogP contribution in [-0.2, 0) is 13.5 Å². The maximum atomic E-state index is 13.0. The summed E-state index contributed by atoms with van der Waals surface area (Å²) in [6, 6.07) is 1.34. The second kappa shape index (κ2) is 7.77. The molecule has 0 bridgehead atoms. The Kier molecular flexibility index (Phi) is 5.43. The first-order valence-electron chi connectivity index (χ1n) is 8.68. The summed E-state index contributed by atoms with van der Waals surface area (Å²) in [7, 11) is 1.77. The molecular formula is C17H21F2N7O. The van der Waals surface area contributed by atoms with Gasteiger partial charge in [0.05, 0.1) is 11.3 Å². The molecule has 1 amide bonds. The van der Waals surface area contributed by atoms with Crippen LogP contribution in [0.15, 0.2) is 18.6 Å². The van der Waals surface area contributed by atoms with Gasteiger partial charge in [-0.15, -0.1) is 0 Å². The standard InChI is InChI=1S/C17H21F2N7O/c1-4-25(16(27)13-9-24(3)23-11(13)2)7-5-6-12-8-14(15(18)19)22-17-20-10-21-26(12)17/h8-10,15H,4-7H2,1-3H3. The van der Waals surface area contributed by atoms with E-state index in [1.807, 2.05) is 6.92 Å². The minimum absolute atomic E-state index is 0.0861. The third kappa shape index (κ3) is 3.93. The Morgan fingerprint density at radius 1 is 1.37 bits per heavy atom. The van der Waals surface area contributed by atoms with Gasteiger partial charge in [-0.25, -0.2) is 18.3 Å². The second-order valence-corrected chi connectivity index (χ2v) is 6.24. The van der Waals surface area contributed by atoms with Crippen LogP contribution in [0.25, 0.3) is 5.78 Å². The van der Waals surface area contributed by atoms with Gasteiger partial charge in [-0.3, -0.25) is 9.48 Å². The summed E-state index contributed by atoms with van der Waals surface area (Å²) in [6.07, 6.45) is 1.39. The number of nitrogens with zero attached hydrogens (tertiary/aromatic N) is 7. The molecule has 3 aromatic rings. The first-order valence-corrected chi connectivity index (χ1v) is 8.68. The van der Waals surface area contributed by atoms with Crippen molar-refractivity contribution in [3.8, 4) is 0 Å². The summed E-state index contributed by atoms with van der Waals surface area (Å²) >= 11 is 0. The van der Waals surface area contributed by atoms with Crippen molar-refractivity contribution < 1.29 is 13.6 Å². The van der Waals surface area contributed by atoms with Crippen molar-refractivity contribution in [3.63, 3.8) is 0 Å². The molecule has 144 valence electrons. The Morgan fingerprint density at radius 2 is 2.15 bits per heavy atom. The van der Waals surface area contributed by atoms with Gasteiger partial charge in [0.2, 0.25) is 0 Å². The number of rotatable bonds is 7. The molecule has 0 N–H and O–H groups in total. The van der Waals surface area contributed by atoms with Gasteiger partial charge in [0.15, 0.2) is 0 Å². The number of halogens is 2. The van der Waals surface area contributed by atoms with E-state index < -0.39 is 6.43 Å². The highest BCUT2D eigenvalue weighted by Gasteiger charge is 2.19. The SMILES string of the molecule is CCN(CCCc1cc(C(F)F)nc2ncnn12)C(=O)c1cn(C)nc1C. The molecule has 0 spiro atoms. The molecule has 0 saturated heterocycles. The van der Waals surface area contributed by atoms with Gasteiger partial charge in [-0.1, -0.05) is 0 Å². The fourth-order valence-corrected chi connectivity index (χ4v) is 3.02. The van der Waals surface area contributed by atoms with Crippen LogP contribution in [0, 0.1) is 6.92 Å². The largest absolute Gasteiger partial charge is 0.339 e. The summed E-state index contributed by atoms with van der Waals surface area (Å²) in [4.78, 5) is 22.1. The molecule has 27 heavy (non-hydrogen) atoms. The van der Waals surface area contributed by atoms with E-state index in [4.69, 9.17) is 0 Å². The number of fused-ring (bicyclic) bond motifs is 1. The van der Waals surface area contributed by atoms with E-state index in [-0.39, 0.29) is 17.4 Å². The third-order valence-electron chi connectivity index (χ3n) is 4.34. The van der Waals surface area contributed by atoms with E-state index in [2.05, 4.69) is 20.2 Å². The summed E-state index contributed by atoms with van der Waals surface area (Å²) < 4.78 is 29.1. The van der Waals surface area contributed by atoms with Crippen LogP contribution in [-0.4, -0.2) is 53.3 Å². The lowest BCUT2D eigenvalue weighted by Gasteiger charge is -2.20. The van der Waals surface area contributed by atoms with E-state index >= 15 is 0 Å². The summed E-state index contributed by atoms with van der Waals surface area (Å²) in [5, 5.41) is 8.24. The number of hydrogen-bond acceptors (Lipinski definition) is 5. The highest BCUT2D eigenvalue weighted by atomic mass is 19.3. The Labute approximate surface area is 154 Å². The average molecular weight is 377 g/mol. The molecule has 3 aromatic heterocycles. The lowest BCUT2D eigenvalue weighted by molar-refractivity contribution is 0.0761. The predicted octanol–water partition coefficient (Wildman–Crippen LogP) is 2.20. The molecule has 0 aromatic carbocycles. The van der Waals surface area contributed by atoms with Crippen molar-refractivity contribution in [1.82, 2.24) is 34.3 Å². The Hall–Kier alpha value is -2.91. The zero-order valence-electron chi connectivity index (χ0n) is 15.4. The fraction of sp³-hybridized carbons (Fsp3) is 0.471. The van der Waals surface area contributed by atoms with Gasteiger partial charge in [0, 0.05) is 32.0 Å². The Bertz CT molecular complexity index is 950. The summed E-state index contributed by atoms with van der Waals surface area (Å²) in [5.41, 5.74) is 1.52. The summed E-state index contributed by atoms with van der Waals surface area (Å²) in [6.45, 7) is 4.74. The molecule has 0 aliphatic carbocycles. The van der Waals surface area contributed by atoms with Crippen molar-refractivity contribution in [2.24, 2.45) is 7.05 Å². The molecule has 0 saturated carbocycles. The quantitative estimate of drug-likeness (QED) is 0.631. The van der Waals surface area contributed by atoms with E-state index in [1.165, 1.54) is 16.9 Å². The maximum absolute atomic E-state index is 13.0. The van der Waals surface area contributed by atoms with Crippen LogP contribution in [0.1, 0.15) is 47.2 Å². The Morgan fingerprint density at radius 3 is 2.78 bits per heavy atom. The van der Waals surface area contributed by atoms with Crippen molar-refractivity contribution in [3.05, 3.63) is 41.2 Å². The number of hydrogen-bond donors (Lipinski definition) is 0. The monoisotopic (exact) mass is 377 g/mol. The van der Waals surface area contributed by atoms with Crippen LogP contribution < -0.4 is 0 Å². The van der Waals surface area contributed by atoms with Gasteiger partial charge in [-0.05, 0) is 32.8 Å². The van der Waals surface area contributed by atoms with E-state index in [0.717, 1.165) is 0 Å². The highest BCUT2D eigenvalue weighted by molar-refractivity contribution is 5.95. The molecule has 0 aliphatic heterocycles. The molecule has 0 atom stereocenters. The predicted molar refractivity (Wildman–Crippen MR) is 93.6 cm³/mol. The van der Waals surface area contributed by atoms with Gasteiger partial charge >= 0.3 is 0 Å². The molecule has 8 nitrogen and oxygen atoms in total. The second-order valence-electron chi connectivity index (χ2n) is 6.24. The van der Waals surface area contributed by atoms with Crippen LogP contribution in [0.5, 0.6) is 0 Å². The van der Waals surface area contributed by atoms with Gasteiger partial charge in [0.25, 0.3) is 18.1 Å². The first kappa shape index (κ1) is 18.9. The maximum Gasteiger partial charge on any atom is 0.280 e. The normalized spacial score (nSPS) is 11.5. The number of aromatic nitrogens is 6. The van der Waals surface area contributed by atoms with E-state index in [1.54, 1.807) is 29.7 Å². The zero-order chi connectivity index (χ0) is 19.6. The molecular weight excluding hydrogens is 356 g/mol. The highest BCUT2D eigenvalue weighted by Crippen LogP contribution is 2.19. The Balaban J connectivity index is 1.71. The van der Waals surface area contributed by atoms with Crippen molar-refractivity contribution in [2.45, 2.75) is 33.1 Å². The number of alkyl halides is 2. The minimum Gasteiger partial charge on any atom is -0.339 e. The van der Waals surface area contributed by atoms with Gasteiger partial charge in [-0.2, -0.15) is 15.2 Å². The number of amides is 1. The number of carbonyl (C=O) groups is 1. The van der Waals surface area contributed by atoms with Crippen molar-refractivity contribution in [1.29, 1.82) is 0 Å². The lowest BCUT2D eigenvalue weighted by Crippen LogP contribution is -2.32. The molecule has 10 heteroatoms. The molecule has 0 fully saturated rings. The molecule has 0 aliphatic rings. The van der Waals surface area contributed by atoms with Crippen LogP contribution >= 0.6 is 0 Å². The zero-order valence-corrected chi connectivity index (χ0v) is 15.4. The lowest BCUT2D eigenvalue weighted by atomic mass is 10.1. The first-order chi connectivity index (χ1) is 12.9. The van der Waals surface area contributed by atoms with Crippen molar-refractivity contribution >= 4 is 11.7 Å². The van der Waals surface area contributed by atoms with Crippen LogP contribution in [0.4, 0.5) is 8.78 Å². The number of carbonyl (C=O) groups excluding carboxylic acids is 1. The van der Waals surface area contributed by atoms with Gasteiger partial charge in [0.1, 0.15) is 12.0 Å². The third-order valence-corrected chi connectivity index (χ3v) is 4.34. The van der Waals surface area contributed by atoms with E-state index in [9.17, 15) is 13.6 Å². The summed E-state index contributed by atoms with van der Waals surface area (Å²) in [5.74, 6) is 0.0641. The molecule has 3 rings (SSSR count). The van der Waals surface area contributed by atoms with Crippen LogP contribution in [0.2, 0.25) is 0 Å². The molecule has 0 unspecified atom stereocenters. The van der Waals surface area contributed by atoms with Gasteiger partial charge < -0.3 is 4.90 Å². The molecule has 3 heterocycles. The molecule has 0 radical (unpaired) electrons. The fourth-order valence-electron chi connectivity index (χ4n) is 3.02. The minimum atomic E-state index is -2.67. The van der Waals surface area contributed by atoms with E-state index in [0.29, 0.717) is 42.9 Å². The smallest absolute Gasteiger partial charge is 0.280 e. The van der Waals surface area contributed by atoms with Crippen molar-refractivity contribution in [2.75, 3.05) is 13.1 Å². The number of aryl methyl sites for hydroxylation is 3. The van der Waals surface area contributed by atoms with Crippen LogP contribution in [0.3, 0.4) is 0 Å². The average Bonchev–Trinajstić information content (AvgIpc) is 3.23. The topological polar surface area (TPSA) is 81.2 Å².